The van der Waals surface area contributed by atoms with Gasteiger partial charge in [0.2, 0.25) is 0 Å². The van der Waals surface area contributed by atoms with Crippen LogP contribution in [0.3, 0.4) is 0 Å². The summed E-state index contributed by atoms with van der Waals surface area (Å²) in [6.45, 7) is 7.52. The molecule has 0 aliphatic carbocycles. The Kier molecular flexibility index (Phi) is 8.79. The molecule has 3 amide bonds. The number of anilines is 2. The smallest absolute Gasteiger partial charge is 0.323 e. The molecule has 172 valence electrons. The van der Waals surface area contributed by atoms with Crippen molar-refractivity contribution in [3.8, 4) is 11.5 Å². The standard InChI is InChI=1S/C25H29N5O3/c1-3-30(4-2)17-16-27-24(31)19-7-9-20(10-8-19)28-25(32)29-21-11-13-22(14-12-21)33-23-6-5-15-26-18-23/h5-15,18H,3-4,16-17H2,1-2H3,(H,27,31)(H2,28,29,32). The van der Waals surface area contributed by atoms with Crippen molar-refractivity contribution in [2.75, 3.05) is 36.8 Å². The number of hydrogen-bond acceptors (Lipinski definition) is 5. The Balaban J connectivity index is 1.46. The number of amides is 3. The topological polar surface area (TPSA) is 95.6 Å². The minimum Gasteiger partial charge on any atom is -0.456 e. The van der Waals surface area contributed by atoms with E-state index in [2.05, 4.69) is 39.7 Å². The number of rotatable bonds is 10. The number of nitrogens with one attached hydrogen (secondary N) is 3. The second-order valence-corrected chi connectivity index (χ2v) is 7.25. The molecule has 0 atom stereocenters. The van der Waals surface area contributed by atoms with Gasteiger partial charge in [0.15, 0.2) is 0 Å². The van der Waals surface area contributed by atoms with Crippen molar-refractivity contribution < 1.29 is 14.3 Å². The Hall–Kier alpha value is -3.91. The predicted octanol–water partition coefficient (Wildman–Crippen LogP) is 4.59. The number of nitrogens with zero attached hydrogens (tertiary/aromatic N) is 2. The lowest BCUT2D eigenvalue weighted by Gasteiger charge is -2.18. The number of hydrogen-bond donors (Lipinski definition) is 3. The first-order chi connectivity index (χ1) is 16.1. The molecule has 0 spiro atoms. The van der Waals surface area contributed by atoms with Crippen molar-refractivity contribution in [1.82, 2.24) is 15.2 Å². The van der Waals surface area contributed by atoms with Gasteiger partial charge in [-0.15, -0.1) is 0 Å². The third kappa shape index (κ3) is 7.62. The second kappa shape index (κ2) is 12.2. The molecule has 3 rings (SSSR count). The zero-order valence-corrected chi connectivity index (χ0v) is 18.9. The fourth-order valence-corrected chi connectivity index (χ4v) is 3.12. The molecule has 1 heterocycles. The van der Waals surface area contributed by atoms with Gasteiger partial charge < -0.3 is 25.6 Å². The summed E-state index contributed by atoms with van der Waals surface area (Å²) < 4.78 is 5.69. The molecular weight excluding hydrogens is 418 g/mol. The van der Waals surface area contributed by atoms with E-state index in [1.165, 1.54) is 0 Å². The van der Waals surface area contributed by atoms with Crippen LogP contribution in [0.15, 0.2) is 73.1 Å². The molecule has 1 aromatic heterocycles. The van der Waals surface area contributed by atoms with E-state index in [9.17, 15) is 9.59 Å². The number of ether oxygens (including phenoxy) is 1. The first-order valence-electron chi connectivity index (χ1n) is 10.9. The summed E-state index contributed by atoms with van der Waals surface area (Å²) in [5.74, 6) is 1.14. The summed E-state index contributed by atoms with van der Waals surface area (Å²) in [6.07, 6.45) is 3.30. The van der Waals surface area contributed by atoms with Gasteiger partial charge in [-0.25, -0.2) is 4.79 Å². The molecule has 8 heteroatoms. The van der Waals surface area contributed by atoms with Crippen LogP contribution in [-0.2, 0) is 0 Å². The van der Waals surface area contributed by atoms with Crippen LogP contribution >= 0.6 is 0 Å². The van der Waals surface area contributed by atoms with Gasteiger partial charge in [-0.05, 0) is 73.8 Å². The average Bonchev–Trinajstić information content (AvgIpc) is 2.84. The predicted molar refractivity (Wildman–Crippen MR) is 130 cm³/mol. The quantitative estimate of drug-likeness (QED) is 0.423. The number of carbonyl (C=O) groups is 2. The van der Waals surface area contributed by atoms with Crippen LogP contribution in [0, 0.1) is 0 Å². The first-order valence-corrected chi connectivity index (χ1v) is 10.9. The zero-order valence-electron chi connectivity index (χ0n) is 18.9. The molecule has 0 saturated heterocycles. The summed E-state index contributed by atoms with van der Waals surface area (Å²) in [5, 5.41) is 8.44. The lowest BCUT2D eigenvalue weighted by Crippen LogP contribution is -2.34. The summed E-state index contributed by atoms with van der Waals surface area (Å²) in [4.78, 5) is 30.8. The maximum atomic E-state index is 12.3. The van der Waals surface area contributed by atoms with E-state index < -0.39 is 0 Å². The van der Waals surface area contributed by atoms with Crippen LogP contribution in [0.2, 0.25) is 0 Å². The lowest BCUT2D eigenvalue weighted by atomic mass is 10.2. The van der Waals surface area contributed by atoms with E-state index in [1.54, 1.807) is 67.0 Å². The van der Waals surface area contributed by atoms with Gasteiger partial charge >= 0.3 is 6.03 Å². The van der Waals surface area contributed by atoms with Gasteiger partial charge in [-0.3, -0.25) is 9.78 Å². The van der Waals surface area contributed by atoms with Crippen molar-refractivity contribution in [3.63, 3.8) is 0 Å². The van der Waals surface area contributed by atoms with Gasteiger partial charge in [-0.1, -0.05) is 13.8 Å². The molecular formula is C25H29N5O3. The van der Waals surface area contributed by atoms with Crippen LogP contribution in [0.4, 0.5) is 16.2 Å². The van der Waals surface area contributed by atoms with Gasteiger partial charge in [0.25, 0.3) is 5.91 Å². The maximum absolute atomic E-state index is 12.3. The van der Waals surface area contributed by atoms with Gasteiger partial charge in [0, 0.05) is 36.2 Å². The van der Waals surface area contributed by atoms with Crippen LogP contribution in [-0.4, -0.2) is 48.0 Å². The number of pyridine rings is 1. The summed E-state index contributed by atoms with van der Waals surface area (Å²) in [7, 11) is 0. The van der Waals surface area contributed by atoms with Gasteiger partial charge in [-0.2, -0.15) is 0 Å². The third-order valence-electron chi connectivity index (χ3n) is 5.00. The minimum atomic E-state index is -0.382. The molecule has 0 aliphatic heterocycles. The molecule has 3 N–H and O–H groups in total. The fraction of sp³-hybridized carbons (Fsp3) is 0.240. The second-order valence-electron chi connectivity index (χ2n) is 7.25. The van der Waals surface area contributed by atoms with Crippen molar-refractivity contribution >= 4 is 23.3 Å². The Morgan fingerprint density at radius 2 is 1.52 bits per heavy atom. The van der Waals surface area contributed by atoms with E-state index in [4.69, 9.17) is 4.74 Å². The zero-order chi connectivity index (χ0) is 23.5. The highest BCUT2D eigenvalue weighted by atomic mass is 16.5. The molecule has 8 nitrogen and oxygen atoms in total. The molecule has 33 heavy (non-hydrogen) atoms. The number of urea groups is 1. The van der Waals surface area contributed by atoms with E-state index in [0.29, 0.717) is 35.0 Å². The molecule has 0 fully saturated rings. The summed E-state index contributed by atoms with van der Waals surface area (Å²) in [6, 6.07) is 17.0. The van der Waals surface area contributed by atoms with Crippen molar-refractivity contribution in [2.45, 2.75) is 13.8 Å². The molecule has 2 aromatic carbocycles. The van der Waals surface area contributed by atoms with E-state index >= 15 is 0 Å². The first kappa shape index (κ1) is 23.7. The Morgan fingerprint density at radius 3 is 2.09 bits per heavy atom. The van der Waals surface area contributed by atoms with E-state index in [0.717, 1.165) is 19.6 Å². The van der Waals surface area contributed by atoms with E-state index in [-0.39, 0.29) is 11.9 Å². The van der Waals surface area contributed by atoms with Gasteiger partial charge in [0.1, 0.15) is 11.5 Å². The number of carbonyl (C=O) groups excluding carboxylic acids is 2. The Labute approximate surface area is 194 Å². The molecule has 0 radical (unpaired) electrons. The monoisotopic (exact) mass is 447 g/mol. The summed E-state index contributed by atoms with van der Waals surface area (Å²) >= 11 is 0. The highest BCUT2D eigenvalue weighted by molar-refractivity contribution is 6.00. The largest absolute Gasteiger partial charge is 0.456 e. The van der Waals surface area contributed by atoms with Crippen LogP contribution in [0.1, 0.15) is 24.2 Å². The molecule has 0 saturated carbocycles. The molecule has 0 bridgehead atoms. The number of likely N-dealkylation sites (N-methyl/N-ethyl adjacent to an activating group) is 1. The van der Waals surface area contributed by atoms with E-state index in [1.807, 2.05) is 6.07 Å². The minimum absolute atomic E-state index is 0.133. The normalized spacial score (nSPS) is 10.5. The van der Waals surface area contributed by atoms with Crippen LogP contribution in [0.25, 0.3) is 0 Å². The Morgan fingerprint density at radius 1 is 0.879 bits per heavy atom. The highest BCUT2D eigenvalue weighted by Gasteiger charge is 2.08. The van der Waals surface area contributed by atoms with Crippen LogP contribution < -0.4 is 20.7 Å². The summed E-state index contributed by atoms with van der Waals surface area (Å²) in [5.41, 5.74) is 1.75. The molecule has 0 aliphatic rings. The average molecular weight is 448 g/mol. The molecule has 3 aromatic rings. The van der Waals surface area contributed by atoms with Crippen molar-refractivity contribution in [3.05, 3.63) is 78.6 Å². The molecule has 0 unspecified atom stereocenters. The van der Waals surface area contributed by atoms with Crippen LogP contribution in [0.5, 0.6) is 11.5 Å². The lowest BCUT2D eigenvalue weighted by molar-refractivity contribution is 0.0949. The maximum Gasteiger partial charge on any atom is 0.323 e. The SMILES string of the molecule is CCN(CC)CCNC(=O)c1ccc(NC(=O)Nc2ccc(Oc3cccnc3)cc2)cc1. The van der Waals surface area contributed by atoms with Crippen molar-refractivity contribution in [1.29, 1.82) is 0 Å². The number of benzene rings is 2. The third-order valence-corrected chi connectivity index (χ3v) is 5.00. The van der Waals surface area contributed by atoms with Crippen molar-refractivity contribution in [2.24, 2.45) is 0 Å². The Bertz CT molecular complexity index is 1020. The fourth-order valence-electron chi connectivity index (χ4n) is 3.12. The highest BCUT2D eigenvalue weighted by Crippen LogP contribution is 2.22. The van der Waals surface area contributed by atoms with Gasteiger partial charge in [0.05, 0.1) is 6.20 Å². The number of aromatic nitrogens is 1.